The van der Waals surface area contributed by atoms with Crippen LogP contribution in [0.2, 0.25) is 0 Å². The Morgan fingerprint density at radius 2 is 2.00 bits per heavy atom. The van der Waals surface area contributed by atoms with Gasteiger partial charge in [-0.25, -0.2) is 4.98 Å². The molecule has 6 atom stereocenters. The molecule has 0 saturated carbocycles. The number of aliphatic hydroxyl groups is 1. The molecule has 1 aromatic heterocycles. The zero-order valence-corrected chi connectivity index (χ0v) is 27.1. The minimum absolute atomic E-state index is 0.00466. The standard InChI is InChI=1S/C32H51N3O6S/c1-20-11-10-13-32(6)28(41-32)16-24(21(2)15-23-19-42-22(3)34-23)35-29(38)18-27(37)31(4,5)26(36)17-25(20)40-30(39)12-8-7-9-14-33/h15,19-20,24-25,27-28,37H,7-14,16-18,33H2,1-6H3,(H,35,38)/t20-,24-,25+,27-,28-,32+/m0/s1. The van der Waals surface area contributed by atoms with Crippen LogP contribution in [0.5, 0.6) is 0 Å². The lowest BCUT2D eigenvalue weighted by Crippen LogP contribution is -2.45. The fourth-order valence-corrected chi connectivity index (χ4v) is 6.19. The number of amides is 1. The van der Waals surface area contributed by atoms with Crippen molar-refractivity contribution in [3.63, 3.8) is 0 Å². The molecule has 0 spiro atoms. The van der Waals surface area contributed by atoms with Gasteiger partial charge in [0.05, 0.1) is 41.0 Å². The fraction of sp³-hybridized carbons (Fsp3) is 0.750. The van der Waals surface area contributed by atoms with E-state index in [0.29, 0.717) is 19.4 Å². The van der Waals surface area contributed by atoms with Gasteiger partial charge >= 0.3 is 5.97 Å². The maximum absolute atomic E-state index is 13.5. The molecule has 2 saturated heterocycles. The molecule has 1 aromatic rings. The van der Waals surface area contributed by atoms with E-state index < -0.39 is 17.6 Å². The summed E-state index contributed by atoms with van der Waals surface area (Å²) in [5, 5.41) is 17.2. The maximum Gasteiger partial charge on any atom is 0.306 e. The highest BCUT2D eigenvalue weighted by molar-refractivity contribution is 7.09. The molecule has 2 aliphatic rings. The number of nitrogens with one attached hydrogen (secondary N) is 1. The molecule has 0 aliphatic carbocycles. The normalized spacial score (nSPS) is 31.2. The Balaban J connectivity index is 1.78. The summed E-state index contributed by atoms with van der Waals surface area (Å²) in [7, 11) is 0. The number of thiazole rings is 1. The summed E-state index contributed by atoms with van der Waals surface area (Å²) >= 11 is 1.57. The first-order valence-electron chi connectivity index (χ1n) is 15.4. The first kappa shape index (κ1) is 34.4. The fourth-order valence-electron chi connectivity index (χ4n) is 5.62. The van der Waals surface area contributed by atoms with Crippen molar-refractivity contribution in [1.82, 2.24) is 10.3 Å². The molecular weight excluding hydrogens is 554 g/mol. The minimum Gasteiger partial charge on any atom is -0.462 e. The molecule has 0 radical (unpaired) electrons. The largest absolute Gasteiger partial charge is 0.462 e. The number of nitrogens with two attached hydrogens (primary N) is 1. The second-order valence-electron chi connectivity index (χ2n) is 13.0. The molecule has 0 aromatic carbocycles. The van der Waals surface area contributed by atoms with Gasteiger partial charge in [0.2, 0.25) is 5.91 Å². The number of esters is 1. The Kier molecular flexibility index (Phi) is 12.3. The number of Topliss-reactive ketones (excluding diaryl/α,β-unsaturated/α-hetero) is 1. The molecule has 42 heavy (non-hydrogen) atoms. The highest BCUT2D eigenvalue weighted by Crippen LogP contribution is 2.44. The Bertz CT molecular complexity index is 1120. The zero-order chi connectivity index (χ0) is 31.1. The predicted octanol–water partition coefficient (Wildman–Crippen LogP) is 4.87. The van der Waals surface area contributed by atoms with Gasteiger partial charge in [-0.3, -0.25) is 14.4 Å². The van der Waals surface area contributed by atoms with Crippen molar-refractivity contribution in [3.8, 4) is 0 Å². The summed E-state index contributed by atoms with van der Waals surface area (Å²) in [4.78, 5) is 44.0. The van der Waals surface area contributed by atoms with E-state index in [4.69, 9.17) is 15.2 Å². The van der Waals surface area contributed by atoms with Crippen LogP contribution in [0.25, 0.3) is 6.08 Å². The van der Waals surface area contributed by atoms with Gasteiger partial charge in [0.15, 0.2) is 0 Å². The topological polar surface area (TPSA) is 144 Å². The SMILES string of the molecule is CC(=Cc1csc(C)n1)[C@@H]1C[C@@H]2O[C@]2(C)CCC[C@H](C)[C@H](OC(=O)CCCCCN)CC(=O)C(C)(C)[C@@H](O)CC(=O)N1. The van der Waals surface area contributed by atoms with Gasteiger partial charge in [0, 0.05) is 30.1 Å². The number of ketones is 1. The lowest BCUT2D eigenvalue weighted by molar-refractivity contribution is -0.155. The number of hydrogen-bond acceptors (Lipinski definition) is 9. The van der Waals surface area contributed by atoms with Gasteiger partial charge in [-0.2, -0.15) is 0 Å². The smallest absolute Gasteiger partial charge is 0.306 e. The van der Waals surface area contributed by atoms with Gasteiger partial charge in [-0.15, -0.1) is 11.3 Å². The molecule has 3 heterocycles. The van der Waals surface area contributed by atoms with Crippen LogP contribution >= 0.6 is 11.3 Å². The number of carbonyl (C=O) groups excluding carboxylic acids is 3. The number of unbranched alkanes of at least 4 members (excludes halogenated alkanes) is 2. The van der Waals surface area contributed by atoms with Crippen LogP contribution in [0.1, 0.15) is 110 Å². The number of hydrogen-bond donors (Lipinski definition) is 3. The van der Waals surface area contributed by atoms with Gasteiger partial charge in [-0.1, -0.05) is 33.6 Å². The van der Waals surface area contributed by atoms with Crippen molar-refractivity contribution in [2.24, 2.45) is 17.1 Å². The quantitative estimate of drug-likeness (QED) is 0.216. The Hall–Kier alpha value is -2.14. The molecule has 3 rings (SSSR count). The van der Waals surface area contributed by atoms with Gasteiger partial charge in [0.25, 0.3) is 0 Å². The number of fused-ring (bicyclic) bond motifs is 1. The number of aromatic nitrogens is 1. The van der Waals surface area contributed by atoms with E-state index in [1.807, 2.05) is 32.2 Å². The summed E-state index contributed by atoms with van der Waals surface area (Å²) in [6.45, 7) is 11.9. The van der Waals surface area contributed by atoms with E-state index in [0.717, 1.165) is 48.4 Å². The molecule has 236 valence electrons. The van der Waals surface area contributed by atoms with Gasteiger partial charge < -0.3 is 25.6 Å². The van der Waals surface area contributed by atoms with Crippen LogP contribution in [-0.4, -0.2) is 64.2 Å². The predicted molar refractivity (Wildman–Crippen MR) is 165 cm³/mol. The van der Waals surface area contributed by atoms with E-state index in [2.05, 4.69) is 17.2 Å². The molecule has 2 aliphatic heterocycles. The summed E-state index contributed by atoms with van der Waals surface area (Å²) in [5.74, 6) is -0.930. The molecule has 4 N–H and O–H groups in total. The van der Waals surface area contributed by atoms with Crippen LogP contribution in [0.15, 0.2) is 11.0 Å². The molecule has 2 fully saturated rings. The van der Waals surface area contributed by atoms with Crippen molar-refractivity contribution >= 4 is 35.1 Å². The highest BCUT2D eigenvalue weighted by atomic mass is 32.1. The van der Waals surface area contributed by atoms with Crippen LogP contribution in [0, 0.1) is 18.3 Å². The lowest BCUT2D eigenvalue weighted by atomic mass is 9.77. The number of aryl methyl sites for hydroxylation is 1. The molecule has 1 amide bonds. The number of aliphatic hydroxyl groups excluding tert-OH is 1. The van der Waals surface area contributed by atoms with Gasteiger partial charge in [-0.05, 0) is 70.6 Å². The van der Waals surface area contributed by atoms with E-state index in [1.54, 1.807) is 25.2 Å². The lowest BCUT2D eigenvalue weighted by Gasteiger charge is -2.32. The van der Waals surface area contributed by atoms with E-state index in [9.17, 15) is 19.5 Å². The van der Waals surface area contributed by atoms with Crippen LogP contribution in [-0.2, 0) is 23.9 Å². The Morgan fingerprint density at radius 1 is 1.26 bits per heavy atom. The van der Waals surface area contributed by atoms with E-state index in [1.165, 1.54) is 0 Å². The third-order valence-electron chi connectivity index (χ3n) is 9.03. The van der Waals surface area contributed by atoms with Crippen molar-refractivity contribution in [2.45, 2.75) is 136 Å². The Labute approximate surface area is 255 Å². The number of ether oxygens (including phenoxy) is 2. The van der Waals surface area contributed by atoms with Gasteiger partial charge in [0.1, 0.15) is 11.9 Å². The minimum atomic E-state index is -1.20. The molecule has 0 bridgehead atoms. The molecule has 9 nitrogen and oxygen atoms in total. The molecule has 0 unspecified atom stereocenters. The van der Waals surface area contributed by atoms with Crippen molar-refractivity contribution in [2.75, 3.05) is 6.54 Å². The van der Waals surface area contributed by atoms with Crippen LogP contribution in [0.3, 0.4) is 0 Å². The number of rotatable bonds is 8. The first-order valence-corrected chi connectivity index (χ1v) is 16.3. The monoisotopic (exact) mass is 605 g/mol. The Morgan fingerprint density at radius 3 is 2.67 bits per heavy atom. The van der Waals surface area contributed by atoms with Crippen molar-refractivity contribution in [3.05, 3.63) is 21.7 Å². The second kappa shape index (κ2) is 15.0. The second-order valence-corrected chi connectivity index (χ2v) is 14.1. The average Bonchev–Trinajstić information content (AvgIpc) is 3.36. The van der Waals surface area contributed by atoms with Crippen molar-refractivity contribution in [1.29, 1.82) is 0 Å². The molecular formula is C32H51N3O6S. The number of nitrogens with zero attached hydrogens (tertiary/aromatic N) is 1. The highest BCUT2D eigenvalue weighted by Gasteiger charge is 2.52. The first-order chi connectivity index (χ1) is 19.7. The number of epoxide rings is 1. The zero-order valence-electron chi connectivity index (χ0n) is 26.2. The van der Waals surface area contributed by atoms with Crippen molar-refractivity contribution < 1.29 is 29.0 Å². The third-order valence-corrected chi connectivity index (χ3v) is 9.83. The van der Waals surface area contributed by atoms with Crippen LogP contribution in [0.4, 0.5) is 0 Å². The van der Waals surface area contributed by atoms with E-state index >= 15 is 0 Å². The van der Waals surface area contributed by atoms with E-state index in [-0.39, 0.29) is 60.6 Å². The summed E-state index contributed by atoms with van der Waals surface area (Å²) in [6, 6.07) is -0.294. The summed E-state index contributed by atoms with van der Waals surface area (Å²) in [6.07, 6.45) is 5.69. The summed E-state index contributed by atoms with van der Waals surface area (Å²) in [5.41, 5.74) is 5.86. The summed E-state index contributed by atoms with van der Waals surface area (Å²) < 4.78 is 12.0. The maximum atomic E-state index is 13.5. The average molecular weight is 606 g/mol. The van der Waals surface area contributed by atoms with Crippen LogP contribution < -0.4 is 11.1 Å². The third kappa shape index (κ3) is 9.69. The number of carbonyl (C=O) groups is 3. The molecule has 10 heteroatoms.